The van der Waals surface area contributed by atoms with Crippen molar-refractivity contribution in [1.29, 1.82) is 5.26 Å². The predicted octanol–water partition coefficient (Wildman–Crippen LogP) is 2.18. The molecule has 1 aromatic rings. The van der Waals surface area contributed by atoms with Crippen molar-refractivity contribution >= 4 is 0 Å². The number of halogens is 3. The number of pyridine rings is 1. The Morgan fingerprint density at radius 3 is 2.60 bits per heavy atom. The van der Waals surface area contributed by atoms with E-state index in [9.17, 15) is 13.2 Å². The summed E-state index contributed by atoms with van der Waals surface area (Å²) in [6, 6.07) is 3.36. The molecule has 0 fully saturated rings. The van der Waals surface area contributed by atoms with Crippen LogP contribution < -0.4 is 4.74 Å². The van der Waals surface area contributed by atoms with Gasteiger partial charge in [0.25, 0.3) is 0 Å². The molecule has 0 bridgehead atoms. The zero-order chi connectivity index (χ0) is 11.5. The second-order valence-electron chi connectivity index (χ2n) is 2.72. The van der Waals surface area contributed by atoms with Crippen LogP contribution in [0.15, 0.2) is 12.1 Å². The van der Waals surface area contributed by atoms with Crippen LogP contribution in [0.25, 0.3) is 0 Å². The van der Waals surface area contributed by atoms with Crippen LogP contribution in [0.3, 0.4) is 0 Å². The summed E-state index contributed by atoms with van der Waals surface area (Å²) in [5.74, 6) is -0.143. The van der Waals surface area contributed by atoms with Gasteiger partial charge in [0.2, 0.25) is 5.88 Å². The van der Waals surface area contributed by atoms with Gasteiger partial charge in [-0.3, -0.25) is 0 Å². The van der Waals surface area contributed by atoms with Crippen LogP contribution in [0.2, 0.25) is 0 Å². The number of nitriles is 1. The van der Waals surface area contributed by atoms with Gasteiger partial charge in [0.15, 0.2) is 0 Å². The number of ether oxygens (including phenoxy) is 1. The topological polar surface area (TPSA) is 45.9 Å². The monoisotopic (exact) mass is 216 g/mol. The van der Waals surface area contributed by atoms with Gasteiger partial charge in [-0.05, 0) is 6.07 Å². The lowest BCUT2D eigenvalue weighted by Crippen LogP contribution is -2.07. The minimum absolute atomic E-state index is 0.0455. The third-order valence-corrected chi connectivity index (χ3v) is 1.65. The third kappa shape index (κ3) is 2.84. The molecule has 1 aromatic heterocycles. The smallest absolute Gasteiger partial charge is 0.416 e. The highest BCUT2D eigenvalue weighted by atomic mass is 19.4. The lowest BCUT2D eigenvalue weighted by molar-refractivity contribution is -0.137. The number of aromatic nitrogens is 1. The molecule has 0 atom stereocenters. The first-order valence-electron chi connectivity index (χ1n) is 3.96. The molecule has 15 heavy (non-hydrogen) atoms. The molecule has 0 unspecified atom stereocenters. The average Bonchev–Trinajstić information content (AvgIpc) is 2.16. The quantitative estimate of drug-likeness (QED) is 0.761. The number of alkyl halides is 3. The Bertz CT molecular complexity index is 395. The number of methoxy groups -OCH3 is 1. The highest BCUT2D eigenvalue weighted by Crippen LogP contribution is 2.31. The van der Waals surface area contributed by atoms with Gasteiger partial charge >= 0.3 is 6.18 Å². The molecule has 3 nitrogen and oxygen atoms in total. The van der Waals surface area contributed by atoms with Gasteiger partial charge in [-0.15, -0.1) is 0 Å². The summed E-state index contributed by atoms with van der Waals surface area (Å²) in [6.45, 7) is 0. The second kappa shape index (κ2) is 4.17. The Balaban J connectivity index is 3.18. The van der Waals surface area contributed by atoms with Crippen LogP contribution in [-0.4, -0.2) is 12.1 Å². The molecule has 0 aliphatic rings. The Morgan fingerprint density at radius 1 is 1.47 bits per heavy atom. The van der Waals surface area contributed by atoms with Crippen LogP contribution in [0.5, 0.6) is 5.88 Å². The van der Waals surface area contributed by atoms with E-state index in [1.54, 1.807) is 6.07 Å². The first kappa shape index (κ1) is 11.3. The molecule has 0 saturated carbocycles. The fourth-order valence-electron chi connectivity index (χ4n) is 1.00. The minimum Gasteiger partial charge on any atom is -0.481 e. The summed E-state index contributed by atoms with van der Waals surface area (Å²) in [6.07, 6.45) is -4.64. The molecule has 0 spiro atoms. The Morgan fingerprint density at radius 2 is 2.13 bits per heavy atom. The molecule has 0 radical (unpaired) electrons. The average molecular weight is 216 g/mol. The lowest BCUT2D eigenvalue weighted by atomic mass is 10.2. The maximum Gasteiger partial charge on any atom is 0.416 e. The zero-order valence-corrected chi connectivity index (χ0v) is 7.80. The number of hydrogen-bond acceptors (Lipinski definition) is 3. The molecule has 80 valence electrons. The highest BCUT2D eigenvalue weighted by molar-refractivity contribution is 5.28. The van der Waals surface area contributed by atoms with Crippen LogP contribution in [0.1, 0.15) is 11.3 Å². The van der Waals surface area contributed by atoms with Crippen molar-refractivity contribution < 1.29 is 17.9 Å². The van der Waals surface area contributed by atoms with E-state index in [4.69, 9.17) is 5.26 Å². The van der Waals surface area contributed by atoms with Crippen molar-refractivity contribution in [2.24, 2.45) is 0 Å². The lowest BCUT2D eigenvalue weighted by Gasteiger charge is -2.09. The van der Waals surface area contributed by atoms with E-state index in [0.717, 1.165) is 12.1 Å². The maximum atomic E-state index is 12.4. The molecule has 0 aliphatic carbocycles. The van der Waals surface area contributed by atoms with Crippen molar-refractivity contribution in [3.05, 3.63) is 23.4 Å². The van der Waals surface area contributed by atoms with E-state index >= 15 is 0 Å². The van der Waals surface area contributed by atoms with E-state index in [2.05, 4.69) is 9.72 Å². The van der Waals surface area contributed by atoms with Crippen molar-refractivity contribution in [3.63, 3.8) is 0 Å². The van der Waals surface area contributed by atoms with Gasteiger partial charge in [-0.1, -0.05) is 0 Å². The number of rotatable bonds is 2. The van der Waals surface area contributed by atoms with E-state index in [-0.39, 0.29) is 18.0 Å². The molecule has 0 amide bonds. The Hall–Kier alpha value is -1.77. The van der Waals surface area contributed by atoms with Gasteiger partial charge < -0.3 is 4.74 Å². The summed E-state index contributed by atoms with van der Waals surface area (Å²) in [5.41, 5.74) is -0.816. The summed E-state index contributed by atoms with van der Waals surface area (Å²) in [5, 5.41) is 8.36. The molecule has 1 heterocycles. The molecular formula is C9H7F3N2O. The molecular weight excluding hydrogens is 209 g/mol. The summed E-state index contributed by atoms with van der Waals surface area (Å²) < 4.78 is 41.7. The fraction of sp³-hybridized carbons (Fsp3) is 0.333. The number of nitrogens with zero attached hydrogens (tertiary/aromatic N) is 2. The van der Waals surface area contributed by atoms with E-state index in [0.29, 0.717) is 0 Å². The van der Waals surface area contributed by atoms with Gasteiger partial charge in [-0.25, -0.2) is 4.98 Å². The predicted molar refractivity (Wildman–Crippen MR) is 45.1 cm³/mol. The van der Waals surface area contributed by atoms with Crippen LogP contribution in [0, 0.1) is 11.3 Å². The maximum absolute atomic E-state index is 12.4. The largest absolute Gasteiger partial charge is 0.481 e. The molecule has 1 rings (SSSR count). The van der Waals surface area contributed by atoms with Crippen molar-refractivity contribution in [2.45, 2.75) is 12.6 Å². The second-order valence-corrected chi connectivity index (χ2v) is 2.72. The van der Waals surface area contributed by atoms with Gasteiger partial charge in [0, 0.05) is 6.07 Å². The zero-order valence-electron chi connectivity index (χ0n) is 7.80. The fourth-order valence-corrected chi connectivity index (χ4v) is 1.00. The molecule has 6 heteroatoms. The minimum atomic E-state index is -4.46. The normalized spacial score (nSPS) is 10.9. The van der Waals surface area contributed by atoms with E-state index in [1.165, 1.54) is 7.11 Å². The molecule has 0 aliphatic heterocycles. The van der Waals surface area contributed by atoms with Crippen LogP contribution in [0.4, 0.5) is 13.2 Å². The summed E-state index contributed by atoms with van der Waals surface area (Å²) in [4.78, 5) is 3.71. The Labute approximate surface area is 84.1 Å². The van der Waals surface area contributed by atoms with Gasteiger partial charge in [0.05, 0.1) is 30.9 Å². The SMILES string of the molecule is COc1cc(C(F)(F)F)cc(CC#N)n1. The highest BCUT2D eigenvalue weighted by Gasteiger charge is 2.31. The molecule has 0 saturated heterocycles. The van der Waals surface area contributed by atoms with E-state index in [1.807, 2.05) is 0 Å². The first-order chi connectivity index (χ1) is 6.97. The molecule has 0 N–H and O–H groups in total. The van der Waals surface area contributed by atoms with Crippen LogP contribution in [-0.2, 0) is 12.6 Å². The van der Waals surface area contributed by atoms with Crippen molar-refractivity contribution in [3.8, 4) is 11.9 Å². The van der Waals surface area contributed by atoms with E-state index < -0.39 is 11.7 Å². The Kier molecular flexibility index (Phi) is 3.14. The number of hydrogen-bond donors (Lipinski definition) is 0. The van der Waals surface area contributed by atoms with Gasteiger partial charge in [-0.2, -0.15) is 18.4 Å². The van der Waals surface area contributed by atoms with Gasteiger partial charge in [0.1, 0.15) is 0 Å². The van der Waals surface area contributed by atoms with Crippen LogP contribution >= 0.6 is 0 Å². The third-order valence-electron chi connectivity index (χ3n) is 1.65. The summed E-state index contributed by atoms with van der Waals surface area (Å²) in [7, 11) is 1.22. The standard InChI is InChI=1S/C9H7F3N2O/c1-15-8-5-6(9(10,11)12)4-7(14-8)2-3-13/h4-5H,2H2,1H3. The van der Waals surface area contributed by atoms with Crippen molar-refractivity contribution in [2.75, 3.05) is 7.11 Å². The van der Waals surface area contributed by atoms with Crippen molar-refractivity contribution in [1.82, 2.24) is 4.98 Å². The first-order valence-corrected chi connectivity index (χ1v) is 3.96. The molecule has 0 aromatic carbocycles. The summed E-state index contributed by atoms with van der Waals surface area (Å²) >= 11 is 0.